The molecule has 58 heavy (non-hydrogen) atoms. The van der Waals surface area contributed by atoms with Crippen molar-refractivity contribution in [2.75, 3.05) is 0 Å². The first-order chi connectivity index (χ1) is 28.7. The minimum Gasteiger partial charge on any atom is -0.456 e. The fraction of sp³-hybridized carbons (Fsp3) is 0. The smallest absolute Gasteiger partial charge is 0.167 e. The monoisotopic (exact) mass is 741 g/mol. The van der Waals surface area contributed by atoms with Gasteiger partial charge in [0.05, 0.1) is 5.56 Å². The number of hydrogen-bond donors (Lipinski definition) is 0. The Labute approximate surface area is 332 Å². The molecule has 0 bridgehead atoms. The first-order valence-electron chi connectivity index (χ1n) is 19.4. The number of para-hydroxylation sites is 2. The number of fused-ring (bicyclic) bond motifs is 9. The van der Waals surface area contributed by atoms with Gasteiger partial charge in [-0.05, 0) is 86.3 Å². The van der Waals surface area contributed by atoms with Crippen molar-refractivity contribution in [3.8, 4) is 56.4 Å². The van der Waals surface area contributed by atoms with Crippen molar-refractivity contribution in [1.82, 2.24) is 15.0 Å². The summed E-state index contributed by atoms with van der Waals surface area (Å²) in [6, 6.07) is 65.2. The maximum atomic E-state index is 6.52. The number of furan rings is 2. The molecule has 0 aliphatic heterocycles. The van der Waals surface area contributed by atoms with Crippen LogP contribution in [0.5, 0.6) is 0 Å². The van der Waals surface area contributed by atoms with E-state index in [1.54, 1.807) is 0 Å². The lowest BCUT2D eigenvalue weighted by molar-refractivity contribution is 0.669. The predicted octanol–water partition coefficient (Wildman–Crippen LogP) is 14.3. The molecular weight excluding hydrogens is 711 g/mol. The Morgan fingerprint density at radius 1 is 0.293 bits per heavy atom. The lowest BCUT2D eigenvalue weighted by Crippen LogP contribution is -2.00. The molecule has 0 saturated carbocycles. The fourth-order valence-electron chi connectivity index (χ4n) is 8.62. The highest BCUT2D eigenvalue weighted by Crippen LogP contribution is 2.42. The first-order valence-corrected chi connectivity index (χ1v) is 19.4. The lowest BCUT2D eigenvalue weighted by Gasteiger charge is -2.11. The molecule has 0 aliphatic carbocycles. The van der Waals surface area contributed by atoms with Gasteiger partial charge < -0.3 is 8.83 Å². The van der Waals surface area contributed by atoms with Crippen molar-refractivity contribution in [3.63, 3.8) is 0 Å². The highest BCUT2D eigenvalue weighted by Gasteiger charge is 2.19. The summed E-state index contributed by atoms with van der Waals surface area (Å²) in [4.78, 5) is 15.3. The number of benzene rings is 9. The lowest BCUT2D eigenvalue weighted by atomic mass is 9.92. The van der Waals surface area contributed by atoms with Gasteiger partial charge in [0.25, 0.3) is 0 Å². The molecule has 270 valence electrons. The van der Waals surface area contributed by atoms with Crippen LogP contribution in [0.1, 0.15) is 0 Å². The first kappa shape index (κ1) is 32.4. The van der Waals surface area contributed by atoms with Gasteiger partial charge in [0.15, 0.2) is 17.5 Å². The van der Waals surface area contributed by atoms with E-state index >= 15 is 0 Å². The third-order valence-electron chi connectivity index (χ3n) is 11.3. The van der Waals surface area contributed by atoms with Gasteiger partial charge in [-0.25, -0.2) is 15.0 Å². The van der Waals surface area contributed by atoms with Crippen molar-refractivity contribution >= 4 is 65.4 Å². The van der Waals surface area contributed by atoms with E-state index in [1.807, 2.05) is 60.7 Å². The maximum Gasteiger partial charge on any atom is 0.167 e. The molecule has 0 N–H and O–H groups in total. The molecule has 5 heteroatoms. The van der Waals surface area contributed by atoms with E-state index in [1.165, 1.54) is 27.1 Å². The summed E-state index contributed by atoms with van der Waals surface area (Å²) in [6.07, 6.45) is 0. The van der Waals surface area contributed by atoms with Crippen molar-refractivity contribution in [3.05, 3.63) is 188 Å². The van der Waals surface area contributed by atoms with Gasteiger partial charge in [0, 0.05) is 32.7 Å². The Kier molecular flexibility index (Phi) is 7.16. The minimum absolute atomic E-state index is 0.551. The van der Waals surface area contributed by atoms with Crippen LogP contribution in [0.15, 0.2) is 197 Å². The standard InChI is InChI=1S/C53H31N3O2/c1-2-13-32(14-3-1)51-54-52(56-53(55-51)43-24-11-23-42-41-21-8-9-25-46(41)58-50(42)43)36-17-10-16-33(29-36)38-22-12-26-48-49(38)45-31-35(27-28-47(45)57-48)44-30-34-15-4-5-18-37(34)39-19-6-7-20-40(39)44/h1-31H. The van der Waals surface area contributed by atoms with Crippen LogP contribution in [0.25, 0.3) is 122 Å². The summed E-state index contributed by atoms with van der Waals surface area (Å²) < 4.78 is 13.0. The Bertz CT molecular complexity index is 3580. The highest BCUT2D eigenvalue weighted by molar-refractivity contribution is 6.17. The molecule has 0 spiro atoms. The third-order valence-corrected chi connectivity index (χ3v) is 11.3. The van der Waals surface area contributed by atoms with Crippen molar-refractivity contribution in [2.45, 2.75) is 0 Å². The molecule has 3 aromatic heterocycles. The molecule has 12 rings (SSSR count). The van der Waals surface area contributed by atoms with Gasteiger partial charge >= 0.3 is 0 Å². The van der Waals surface area contributed by atoms with Crippen LogP contribution < -0.4 is 0 Å². The average Bonchev–Trinajstić information content (AvgIpc) is 3.87. The van der Waals surface area contributed by atoms with E-state index in [-0.39, 0.29) is 0 Å². The largest absolute Gasteiger partial charge is 0.456 e. The van der Waals surface area contributed by atoms with E-state index in [4.69, 9.17) is 23.8 Å². The second kappa shape index (κ2) is 12.8. The van der Waals surface area contributed by atoms with Gasteiger partial charge in [-0.3, -0.25) is 0 Å². The zero-order valence-corrected chi connectivity index (χ0v) is 31.1. The molecule has 12 aromatic rings. The Morgan fingerprint density at radius 2 is 0.897 bits per heavy atom. The molecule has 9 aromatic carbocycles. The zero-order chi connectivity index (χ0) is 38.2. The highest BCUT2D eigenvalue weighted by atomic mass is 16.3. The van der Waals surface area contributed by atoms with Crippen molar-refractivity contribution in [1.29, 1.82) is 0 Å². The summed E-state index contributed by atoms with van der Waals surface area (Å²) in [5, 5.41) is 9.17. The Hall–Kier alpha value is -7.89. The van der Waals surface area contributed by atoms with Crippen molar-refractivity contribution in [2.24, 2.45) is 0 Å². The van der Waals surface area contributed by atoms with Gasteiger partial charge in [0.2, 0.25) is 0 Å². The number of aromatic nitrogens is 3. The minimum atomic E-state index is 0.551. The normalized spacial score (nSPS) is 11.8. The van der Waals surface area contributed by atoms with Crippen LogP contribution in [0.2, 0.25) is 0 Å². The second-order valence-electron chi connectivity index (χ2n) is 14.7. The van der Waals surface area contributed by atoms with Gasteiger partial charge in [-0.15, -0.1) is 0 Å². The Morgan fingerprint density at radius 3 is 1.79 bits per heavy atom. The van der Waals surface area contributed by atoms with E-state index in [0.717, 1.165) is 77.3 Å². The van der Waals surface area contributed by atoms with Crippen LogP contribution in [-0.4, -0.2) is 15.0 Å². The summed E-state index contributed by atoms with van der Waals surface area (Å²) in [7, 11) is 0. The second-order valence-corrected chi connectivity index (χ2v) is 14.7. The molecule has 0 radical (unpaired) electrons. The van der Waals surface area contributed by atoms with Gasteiger partial charge in [-0.2, -0.15) is 0 Å². The summed E-state index contributed by atoms with van der Waals surface area (Å²) in [5.74, 6) is 1.72. The molecule has 3 heterocycles. The molecule has 5 nitrogen and oxygen atoms in total. The molecule has 0 atom stereocenters. The SMILES string of the molecule is c1ccc(-c2nc(-c3cccc(-c4cccc5oc6ccc(-c7cc8ccccc8c8ccccc78)cc6c45)c3)nc(-c3cccc4c3oc3ccccc34)n2)cc1. The van der Waals surface area contributed by atoms with Crippen LogP contribution in [0, 0.1) is 0 Å². The van der Waals surface area contributed by atoms with Crippen LogP contribution in [-0.2, 0) is 0 Å². The third kappa shape index (κ3) is 5.14. The molecule has 0 unspecified atom stereocenters. The van der Waals surface area contributed by atoms with E-state index < -0.39 is 0 Å². The van der Waals surface area contributed by atoms with E-state index in [9.17, 15) is 0 Å². The summed E-state index contributed by atoms with van der Waals surface area (Å²) >= 11 is 0. The molecule has 0 aliphatic rings. The van der Waals surface area contributed by atoms with Crippen molar-refractivity contribution < 1.29 is 8.83 Å². The predicted molar refractivity (Wildman–Crippen MR) is 237 cm³/mol. The van der Waals surface area contributed by atoms with Crippen LogP contribution in [0.4, 0.5) is 0 Å². The van der Waals surface area contributed by atoms with Gasteiger partial charge in [-0.1, -0.05) is 146 Å². The number of hydrogen-bond acceptors (Lipinski definition) is 5. The average molecular weight is 742 g/mol. The van der Waals surface area contributed by atoms with Crippen LogP contribution >= 0.6 is 0 Å². The summed E-state index contributed by atoms with van der Waals surface area (Å²) in [6.45, 7) is 0. The van der Waals surface area contributed by atoms with E-state index in [2.05, 4.69) is 127 Å². The topological polar surface area (TPSA) is 65.0 Å². The number of nitrogens with zero attached hydrogens (tertiary/aromatic N) is 3. The van der Waals surface area contributed by atoms with E-state index in [0.29, 0.717) is 17.5 Å². The molecule has 0 amide bonds. The number of rotatable bonds is 5. The van der Waals surface area contributed by atoms with Gasteiger partial charge in [0.1, 0.15) is 22.3 Å². The Balaban J connectivity index is 1.03. The zero-order valence-electron chi connectivity index (χ0n) is 31.1. The van der Waals surface area contributed by atoms with Crippen LogP contribution in [0.3, 0.4) is 0 Å². The maximum absolute atomic E-state index is 6.52. The molecular formula is C53H31N3O2. The summed E-state index contributed by atoms with van der Waals surface area (Å²) in [5.41, 5.74) is 10.3. The molecule has 0 fully saturated rings. The quantitative estimate of drug-likeness (QED) is 0.164. The fourth-order valence-corrected chi connectivity index (χ4v) is 8.62. The molecule has 0 saturated heterocycles.